The molecule has 2 aliphatic rings. The van der Waals surface area contributed by atoms with Gasteiger partial charge < -0.3 is 10.2 Å². The number of sulfonamides is 1. The molecule has 0 bridgehead atoms. The number of likely N-dealkylation sites (tertiary alicyclic amines) is 1. The first-order valence-corrected chi connectivity index (χ1v) is 11.9. The van der Waals surface area contributed by atoms with Crippen LogP contribution >= 0.6 is 11.6 Å². The monoisotopic (exact) mass is 441 g/mol. The van der Waals surface area contributed by atoms with Gasteiger partial charge in [-0.3, -0.25) is 9.59 Å². The van der Waals surface area contributed by atoms with E-state index in [-0.39, 0.29) is 34.6 Å². The first kappa shape index (κ1) is 22.1. The summed E-state index contributed by atoms with van der Waals surface area (Å²) in [7, 11) is -3.88. The van der Waals surface area contributed by atoms with Gasteiger partial charge in [0.25, 0.3) is 0 Å². The fourth-order valence-corrected chi connectivity index (χ4v) is 5.13. The number of rotatable bonds is 7. The van der Waals surface area contributed by atoms with Crippen LogP contribution in [0.25, 0.3) is 0 Å². The third-order valence-corrected chi connectivity index (χ3v) is 7.09. The lowest BCUT2D eigenvalue weighted by Gasteiger charge is -2.33. The predicted octanol–water partition coefficient (Wildman–Crippen LogP) is 2.16. The number of nitrogens with one attached hydrogen (secondary N) is 2. The van der Waals surface area contributed by atoms with Crippen LogP contribution in [-0.4, -0.2) is 50.3 Å². The molecule has 1 aromatic rings. The van der Waals surface area contributed by atoms with Gasteiger partial charge in [0.05, 0.1) is 4.90 Å². The number of carbonyl (C=O) groups is 2. The Labute approximate surface area is 177 Å². The standard InChI is InChI=1S/C20H28ClN3O4S/c1-13(2)18(23-29(27,28)17-5-3-4-15(21)12-17)19(25)22-16-8-10-24(11-9-16)20(26)14-6-7-14/h3-5,12-14,16,18,23H,6-11H2,1-2H3,(H,22,25)/t18-/m1/s1. The number of amides is 2. The number of halogens is 1. The zero-order valence-electron chi connectivity index (χ0n) is 16.7. The molecule has 7 nitrogen and oxygen atoms in total. The molecular formula is C20H28ClN3O4S. The Balaban J connectivity index is 1.59. The molecular weight excluding hydrogens is 414 g/mol. The quantitative estimate of drug-likeness (QED) is 0.677. The van der Waals surface area contributed by atoms with Gasteiger partial charge in [-0.05, 0) is 49.8 Å². The zero-order chi connectivity index (χ0) is 21.2. The predicted molar refractivity (Wildman–Crippen MR) is 111 cm³/mol. The highest BCUT2D eigenvalue weighted by Gasteiger charge is 2.36. The van der Waals surface area contributed by atoms with E-state index in [2.05, 4.69) is 10.0 Å². The molecule has 1 aromatic carbocycles. The van der Waals surface area contributed by atoms with Gasteiger partial charge in [-0.25, -0.2) is 8.42 Å². The second kappa shape index (κ2) is 9.02. The van der Waals surface area contributed by atoms with Gasteiger partial charge in [-0.1, -0.05) is 31.5 Å². The summed E-state index contributed by atoms with van der Waals surface area (Å²) in [5.74, 6) is -0.158. The van der Waals surface area contributed by atoms with Crippen molar-refractivity contribution in [3.8, 4) is 0 Å². The summed E-state index contributed by atoms with van der Waals surface area (Å²) in [5, 5.41) is 3.27. The van der Waals surface area contributed by atoms with Gasteiger partial charge >= 0.3 is 0 Å². The van der Waals surface area contributed by atoms with Crippen molar-refractivity contribution >= 4 is 33.4 Å². The van der Waals surface area contributed by atoms with E-state index in [0.717, 1.165) is 12.8 Å². The molecule has 2 N–H and O–H groups in total. The lowest BCUT2D eigenvalue weighted by Crippen LogP contribution is -2.54. The van der Waals surface area contributed by atoms with Crippen LogP contribution in [0.1, 0.15) is 39.5 Å². The van der Waals surface area contributed by atoms with Crippen molar-refractivity contribution in [3.63, 3.8) is 0 Å². The maximum atomic E-state index is 12.8. The van der Waals surface area contributed by atoms with E-state index in [1.54, 1.807) is 26.0 Å². The van der Waals surface area contributed by atoms with Crippen molar-refractivity contribution in [2.24, 2.45) is 11.8 Å². The fraction of sp³-hybridized carbons (Fsp3) is 0.600. The smallest absolute Gasteiger partial charge is 0.241 e. The largest absolute Gasteiger partial charge is 0.352 e. The number of hydrogen-bond donors (Lipinski definition) is 2. The van der Waals surface area contributed by atoms with Crippen LogP contribution in [0.3, 0.4) is 0 Å². The lowest BCUT2D eigenvalue weighted by molar-refractivity contribution is -0.133. The molecule has 1 aliphatic heterocycles. The third-order valence-electron chi connectivity index (χ3n) is 5.42. The summed E-state index contributed by atoms with van der Waals surface area (Å²) in [6.07, 6.45) is 3.32. The average molecular weight is 442 g/mol. The molecule has 1 atom stereocenters. The van der Waals surface area contributed by atoms with Crippen LogP contribution in [0, 0.1) is 11.8 Å². The van der Waals surface area contributed by atoms with Crippen LogP contribution in [0.15, 0.2) is 29.2 Å². The van der Waals surface area contributed by atoms with Crippen LogP contribution in [0.5, 0.6) is 0 Å². The number of carbonyl (C=O) groups excluding carboxylic acids is 2. The number of benzene rings is 1. The molecule has 1 aliphatic carbocycles. The Bertz CT molecular complexity index is 862. The molecule has 9 heteroatoms. The Morgan fingerprint density at radius 1 is 1.14 bits per heavy atom. The van der Waals surface area contributed by atoms with E-state index in [1.165, 1.54) is 12.1 Å². The minimum absolute atomic E-state index is 0.0235. The van der Waals surface area contributed by atoms with Gasteiger partial charge in [-0.2, -0.15) is 4.72 Å². The minimum atomic E-state index is -3.88. The molecule has 3 rings (SSSR count). The molecule has 0 radical (unpaired) electrons. The molecule has 0 aromatic heterocycles. The highest BCUT2D eigenvalue weighted by Crippen LogP contribution is 2.31. The van der Waals surface area contributed by atoms with E-state index in [9.17, 15) is 18.0 Å². The topological polar surface area (TPSA) is 95.6 Å². The second-order valence-corrected chi connectivity index (χ2v) is 10.3. The van der Waals surface area contributed by atoms with Crippen LogP contribution in [0.2, 0.25) is 5.02 Å². The molecule has 2 fully saturated rings. The van der Waals surface area contributed by atoms with Crippen molar-refractivity contribution in [2.45, 2.75) is 56.5 Å². The fourth-order valence-electron chi connectivity index (χ4n) is 3.49. The first-order valence-electron chi connectivity index (χ1n) is 10.0. The third kappa shape index (κ3) is 5.71. The highest BCUT2D eigenvalue weighted by molar-refractivity contribution is 7.89. The van der Waals surface area contributed by atoms with E-state index in [4.69, 9.17) is 11.6 Å². The Kier molecular flexibility index (Phi) is 6.86. The summed E-state index contributed by atoms with van der Waals surface area (Å²) in [5.41, 5.74) is 0. The molecule has 0 unspecified atom stereocenters. The normalized spacial score (nSPS) is 19.2. The van der Waals surface area contributed by atoms with Gasteiger partial charge in [0.1, 0.15) is 6.04 Å². The summed E-state index contributed by atoms with van der Waals surface area (Å²) in [6.45, 7) is 4.84. The maximum Gasteiger partial charge on any atom is 0.241 e. The minimum Gasteiger partial charge on any atom is -0.352 e. The van der Waals surface area contributed by atoms with E-state index in [0.29, 0.717) is 31.0 Å². The molecule has 29 heavy (non-hydrogen) atoms. The molecule has 2 amide bonds. The van der Waals surface area contributed by atoms with Crippen LogP contribution in [-0.2, 0) is 19.6 Å². The van der Waals surface area contributed by atoms with Crippen LogP contribution in [0.4, 0.5) is 0 Å². The molecule has 1 saturated carbocycles. The number of nitrogens with zero attached hydrogens (tertiary/aromatic N) is 1. The maximum absolute atomic E-state index is 12.8. The number of hydrogen-bond acceptors (Lipinski definition) is 4. The Morgan fingerprint density at radius 3 is 2.34 bits per heavy atom. The molecule has 0 spiro atoms. The van der Waals surface area contributed by atoms with Crippen LogP contribution < -0.4 is 10.0 Å². The van der Waals surface area contributed by atoms with E-state index < -0.39 is 16.1 Å². The van der Waals surface area contributed by atoms with E-state index >= 15 is 0 Å². The highest BCUT2D eigenvalue weighted by atomic mass is 35.5. The van der Waals surface area contributed by atoms with Crippen molar-refractivity contribution in [2.75, 3.05) is 13.1 Å². The summed E-state index contributed by atoms with van der Waals surface area (Å²) >= 11 is 5.90. The second-order valence-electron chi connectivity index (χ2n) is 8.18. The molecule has 160 valence electrons. The summed E-state index contributed by atoms with van der Waals surface area (Å²) in [6, 6.07) is 4.97. The summed E-state index contributed by atoms with van der Waals surface area (Å²) in [4.78, 5) is 26.9. The van der Waals surface area contributed by atoms with Crippen molar-refractivity contribution in [3.05, 3.63) is 29.3 Å². The average Bonchev–Trinajstić information content (AvgIpc) is 3.51. The zero-order valence-corrected chi connectivity index (χ0v) is 18.3. The van der Waals surface area contributed by atoms with Gasteiger partial charge in [-0.15, -0.1) is 0 Å². The van der Waals surface area contributed by atoms with E-state index in [1.807, 2.05) is 4.90 Å². The first-order chi connectivity index (χ1) is 13.7. The van der Waals surface area contributed by atoms with Crippen molar-refractivity contribution in [1.82, 2.24) is 14.9 Å². The van der Waals surface area contributed by atoms with Gasteiger partial charge in [0.15, 0.2) is 0 Å². The van der Waals surface area contributed by atoms with Gasteiger partial charge in [0, 0.05) is 30.1 Å². The SMILES string of the molecule is CC(C)[C@@H](NS(=O)(=O)c1cccc(Cl)c1)C(=O)NC1CCN(C(=O)C2CC2)CC1. The lowest BCUT2D eigenvalue weighted by atomic mass is 10.0. The molecule has 1 heterocycles. The Morgan fingerprint density at radius 2 is 1.79 bits per heavy atom. The Hall–Kier alpha value is -1.64. The van der Waals surface area contributed by atoms with Crippen molar-refractivity contribution in [1.29, 1.82) is 0 Å². The van der Waals surface area contributed by atoms with Gasteiger partial charge in [0.2, 0.25) is 21.8 Å². The van der Waals surface area contributed by atoms with Crippen molar-refractivity contribution < 1.29 is 18.0 Å². The number of piperidine rings is 1. The molecule has 1 saturated heterocycles. The summed E-state index contributed by atoms with van der Waals surface area (Å²) < 4.78 is 27.9.